The highest BCUT2D eigenvalue weighted by atomic mass is 35.5. The molecule has 2 N–H and O–H groups in total. The van der Waals surface area contributed by atoms with E-state index < -0.39 is 46.6 Å². The number of anilines is 1. The minimum Gasteiger partial charge on any atom is -0.458 e. The number of halogens is 3. The van der Waals surface area contributed by atoms with Gasteiger partial charge in [0, 0.05) is 35.7 Å². The maximum atomic E-state index is 16.9. The SMILES string of the molecule is CCC(=O)OCC(=O)[C@H]1CCC2[C@@H]3C[C@H](F)C4=CC(=O)C=C[C@]4(C)[C@@]3(F)[C@@H](O)C[C@@]21C.CN(O)c1ccc(Cl)cc1. The standard InChI is InChI=1S/C24H30F2O5.C7H8ClNO/c1-4-21(30)31-12-19(28)15-6-5-14-16-10-18(25)17-9-13(27)7-8-23(17,3)24(16,26)20(29)11-22(14,15)2;1-9(10)7-4-2-6(8)3-5-7/h7-9,14-16,18,20,29H,4-6,10-12H2,1-3H3;2-5,10H,1H3/t14?,15-,16+,18+,20+,22+,23+,24+;/m1./s1. The van der Waals surface area contributed by atoms with Crippen LogP contribution in [0.1, 0.15) is 52.9 Å². The molecule has 0 amide bonds. The molecule has 10 heteroatoms. The number of ketones is 2. The van der Waals surface area contributed by atoms with Gasteiger partial charge < -0.3 is 9.84 Å². The number of fused-ring (bicyclic) bond motifs is 5. The Morgan fingerprint density at radius 1 is 1.17 bits per heavy atom. The zero-order valence-corrected chi connectivity index (χ0v) is 24.5. The number of hydroxylamine groups is 1. The van der Waals surface area contributed by atoms with E-state index in [2.05, 4.69) is 0 Å². The molecule has 3 fully saturated rings. The number of aliphatic hydroxyl groups is 1. The molecule has 4 aliphatic rings. The normalized spacial score (nSPS) is 37.0. The summed E-state index contributed by atoms with van der Waals surface area (Å²) in [6.45, 7) is 4.75. The lowest BCUT2D eigenvalue weighted by Gasteiger charge is -2.62. The molecule has 0 bridgehead atoms. The van der Waals surface area contributed by atoms with Crippen LogP contribution in [-0.4, -0.2) is 59.4 Å². The molecule has 0 aliphatic heterocycles. The molecular formula is C31H38ClF2NO6. The van der Waals surface area contributed by atoms with Crippen LogP contribution in [-0.2, 0) is 19.1 Å². The van der Waals surface area contributed by atoms with E-state index in [1.165, 1.54) is 18.2 Å². The van der Waals surface area contributed by atoms with Crippen molar-refractivity contribution in [3.63, 3.8) is 0 Å². The summed E-state index contributed by atoms with van der Waals surface area (Å²) in [5.74, 6) is -2.62. The molecule has 1 aromatic rings. The number of carbonyl (C=O) groups is 3. The fourth-order valence-corrected chi connectivity index (χ4v) is 7.87. The van der Waals surface area contributed by atoms with Gasteiger partial charge >= 0.3 is 5.97 Å². The van der Waals surface area contributed by atoms with Crippen LogP contribution in [0.4, 0.5) is 14.5 Å². The molecule has 7 nitrogen and oxygen atoms in total. The molecular weight excluding hydrogens is 556 g/mol. The van der Waals surface area contributed by atoms with Crippen molar-refractivity contribution in [1.82, 2.24) is 0 Å². The van der Waals surface area contributed by atoms with Crippen LogP contribution in [0, 0.1) is 28.6 Å². The van der Waals surface area contributed by atoms with Gasteiger partial charge in [-0.05, 0) is 85.9 Å². The summed E-state index contributed by atoms with van der Waals surface area (Å²) in [7, 11) is 1.56. The van der Waals surface area contributed by atoms with Crippen molar-refractivity contribution in [3.8, 4) is 0 Å². The Morgan fingerprint density at radius 3 is 2.44 bits per heavy atom. The Kier molecular flexibility index (Phi) is 8.84. The number of rotatable bonds is 5. The summed E-state index contributed by atoms with van der Waals surface area (Å²) in [5, 5.41) is 21.8. The number of benzene rings is 1. The van der Waals surface area contributed by atoms with Gasteiger partial charge in [-0.1, -0.05) is 31.5 Å². The number of aliphatic hydroxyl groups excluding tert-OH is 1. The van der Waals surface area contributed by atoms with Crippen molar-refractivity contribution in [2.24, 2.45) is 28.6 Å². The summed E-state index contributed by atoms with van der Waals surface area (Å²) < 4.78 is 37.2. The monoisotopic (exact) mass is 593 g/mol. The fourth-order valence-electron chi connectivity index (χ4n) is 7.74. The molecule has 0 heterocycles. The summed E-state index contributed by atoms with van der Waals surface area (Å²) in [6.07, 6.45) is 2.09. The van der Waals surface area contributed by atoms with E-state index in [4.69, 9.17) is 21.5 Å². The third kappa shape index (κ3) is 5.37. The zero-order chi connectivity index (χ0) is 30.3. The van der Waals surface area contributed by atoms with Crippen molar-refractivity contribution >= 4 is 34.8 Å². The average Bonchev–Trinajstić information content (AvgIpc) is 3.27. The number of esters is 1. The highest BCUT2D eigenvalue weighted by molar-refractivity contribution is 6.30. The fraction of sp³-hybridized carbons (Fsp3) is 0.581. The van der Waals surface area contributed by atoms with E-state index in [-0.39, 0.29) is 48.9 Å². The molecule has 4 aliphatic carbocycles. The van der Waals surface area contributed by atoms with Crippen molar-refractivity contribution in [2.45, 2.75) is 70.8 Å². The first-order valence-corrected chi connectivity index (χ1v) is 14.4. The second-order valence-corrected chi connectivity index (χ2v) is 12.5. The number of alkyl halides is 2. The Labute approximate surface area is 244 Å². The van der Waals surface area contributed by atoms with E-state index in [1.807, 2.05) is 6.92 Å². The number of ether oxygens (including phenoxy) is 1. The molecule has 41 heavy (non-hydrogen) atoms. The number of allylic oxidation sites excluding steroid dienone is 4. The van der Waals surface area contributed by atoms with Crippen LogP contribution >= 0.6 is 11.6 Å². The minimum atomic E-state index is -2.13. The van der Waals surface area contributed by atoms with Gasteiger partial charge in [-0.3, -0.25) is 24.7 Å². The molecule has 3 saturated carbocycles. The van der Waals surface area contributed by atoms with Gasteiger partial charge in [-0.15, -0.1) is 0 Å². The highest BCUT2D eigenvalue weighted by Gasteiger charge is 2.72. The first-order valence-electron chi connectivity index (χ1n) is 14.0. The van der Waals surface area contributed by atoms with Crippen molar-refractivity contribution in [1.29, 1.82) is 0 Å². The Balaban J connectivity index is 0.000000328. The van der Waals surface area contributed by atoms with Crippen LogP contribution in [0.3, 0.4) is 0 Å². The van der Waals surface area contributed by atoms with E-state index in [0.717, 1.165) is 10.8 Å². The quantitative estimate of drug-likeness (QED) is 0.338. The van der Waals surface area contributed by atoms with Gasteiger partial charge in [0.25, 0.3) is 0 Å². The lowest BCUT2D eigenvalue weighted by molar-refractivity contribution is -0.202. The molecule has 0 spiro atoms. The Bertz CT molecular complexity index is 1250. The summed E-state index contributed by atoms with van der Waals surface area (Å²) in [4.78, 5) is 36.2. The Hall–Kier alpha value is -2.62. The molecule has 0 radical (unpaired) electrons. The highest BCUT2D eigenvalue weighted by Crippen LogP contribution is 2.69. The molecule has 0 aromatic heterocycles. The minimum absolute atomic E-state index is 0.0599. The molecule has 1 unspecified atom stereocenters. The lowest BCUT2D eigenvalue weighted by Crippen LogP contribution is -2.68. The first-order chi connectivity index (χ1) is 19.2. The van der Waals surface area contributed by atoms with Gasteiger partial charge in [0.2, 0.25) is 0 Å². The summed E-state index contributed by atoms with van der Waals surface area (Å²) in [5.41, 5.74) is -3.43. The second kappa shape index (κ2) is 11.6. The van der Waals surface area contributed by atoms with Crippen LogP contribution < -0.4 is 5.06 Å². The topological polar surface area (TPSA) is 104 Å². The van der Waals surface area contributed by atoms with Gasteiger partial charge in [-0.2, -0.15) is 0 Å². The average molecular weight is 594 g/mol. The van der Waals surface area contributed by atoms with Crippen molar-refractivity contribution in [3.05, 3.63) is 53.1 Å². The predicted octanol–water partition coefficient (Wildman–Crippen LogP) is 5.61. The van der Waals surface area contributed by atoms with Crippen LogP contribution in [0.15, 0.2) is 48.1 Å². The smallest absolute Gasteiger partial charge is 0.305 e. The molecule has 5 rings (SSSR count). The first kappa shape index (κ1) is 31.3. The summed E-state index contributed by atoms with van der Waals surface area (Å²) in [6, 6.07) is 6.93. The van der Waals surface area contributed by atoms with E-state index in [1.54, 1.807) is 45.2 Å². The molecule has 0 saturated heterocycles. The van der Waals surface area contributed by atoms with Crippen LogP contribution in [0.2, 0.25) is 5.02 Å². The third-order valence-electron chi connectivity index (χ3n) is 9.88. The van der Waals surface area contributed by atoms with Crippen molar-refractivity contribution < 1.29 is 38.2 Å². The number of Topliss-reactive ketones (excluding diaryl/α,β-unsaturated/α-hetero) is 1. The number of carbonyl (C=O) groups excluding carboxylic acids is 3. The largest absolute Gasteiger partial charge is 0.458 e. The van der Waals surface area contributed by atoms with Gasteiger partial charge in [-0.25, -0.2) is 8.78 Å². The molecule has 8 atom stereocenters. The van der Waals surface area contributed by atoms with Gasteiger partial charge in [0.1, 0.15) is 12.8 Å². The summed E-state index contributed by atoms with van der Waals surface area (Å²) >= 11 is 5.62. The van der Waals surface area contributed by atoms with E-state index in [0.29, 0.717) is 17.9 Å². The molecule has 224 valence electrons. The zero-order valence-electron chi connectivity index (χ0n) is 23.8. The number of nitrogens with zero attached hydrogens (tertiary/aromatic N) is 1. The lowest BCUT2D eigenvalue weighted by atomic mass is 9.45. The van der Waals surface area contributed by atoms with Gasteiger partial charge in [0.05, 0.1) is 11.8 Å². The predicted molar refractivity (Wildman–Crippen MR) is 150 cm³/mol. The second-order valence-electron chi connectivity index (χ2n) is 12.1. The Morgan fingerprint density at radius 2 is 1.83 bits per heavy atom. The van der Waals surface area contributed by atoms with E-state index >= 15 is 8.78 Å². The van der Waals surface area contributed by atoms with Crippen LogP contribution in [0.25, 0.3) is 0 Å². The maximum absolute atomic E-state index is 16.9. The van der Waals surface area contributed by atoms with Crippen molar-refractivity contribution in [2.75, 3.05) is 18.7 Å². The molecule has 1 aromatic carbocycles. The number of hydrogen-bond acceptors (Lipinski definition) is 7. The van der Waals surface area contributed by atoms with Gasteiger partial charge in [0.15, 0.2) is 17.2 Å². The van der Waals surface area contributed by atoms with Crippen LogP contribution in [0.5, 0.6) is 0 Å². The maximum Gasteiger partial charge on any atom is 0.305 e. The third-order valence-corrected chi connectivity index (χ3v) is 10.1. The van der Waals surface area contributed by atoms with E-state index in [9.17, 15) is 19.5 Å². The number of hydrogen-bond donors (Lipinski definition) is 2.